The topological polar surface area (TPSA) is 29.5 Å². The summed E-state index contributed by atoms with van der Waals surface area (Å²) in [4.78, 5) is 1.91. The van der Waals surface area contributed by atoms with Crippen molar-refractivity contribution >= 4 is 23.4 Å². The van der Waals surface area contributed by atoms with Gasteiger partial charge in [-0.1, -0.05) is 41.6 Å². The molecule has 0 amide bonds. The summed E-state index contributed by atoms with van der Waals surface area (Å²) in [6, 6.07) is 13.3. The fourth-order valence-corrected chi connectivity index (χ4v) is 2.87. The first-order valence-electron chi connectivity index (χ1n) is 5.44. The van der Waals surface area contributed by atoms with E-state index in [0.717, 1.165) is 21.1 Å². The van der Waals surface area contributed by atoms with Crippen LogP contribution in [0.2, 0.25) is 5.02 Å². The molecular weight excluding hydrogens is 268 g/mol. The van der Waals surface area contributed by atoms with Crippen molar-refractivity contribution in [2.45, 2.75) is 16.4 Å². The lowest BCUT2D eigenvalue weighted by Crippen LogP contribution is -1.88. The number of rotatable bonds is 4. The van der Waals surface area contributed by atoms with E-state index in [1.807, 2.05) is 42.5 Å². The fraction of sp³-hybridized carbons (Fsp3) is 0.143. The number of aliphatic hydroxyl groups excluding tert-OH is 1. The molecule has 0 unspecified atom stereocenters. The van der Waals surface area contributed by atoms with Gasteiger partial charge in [0.25, 0.3) is 0 Å². The molecule has 94 valence electrons. The zero-order valence-electron chi connectivity index (χ0n) is 9.89. The maximum atomic E-state index is 9.32. The molecule has 0 bridgehead atoms. The van der Waals surface area contributed by atoms with Gasteiger partial charge < -0.3 is 9.84 Å². The van der Waals surface area contributed by atoms with Gasteiger partial charge in [0, 0.05) is 9.79 Å². The number of methoxy groups -OCH3 is 1. The van der Waals surface area contributed by atoms with Gasteiger partial charge in [0.1, 0.15) is 5.75 Å². The van der Waals surface area contributed by atoms with Crippen molar-refractivity contribution in [2.24, 2.45) is 0 Å². The second-order valence-electron chi connectivity index (χ2n) is 3.67. The van der Waals surface area contributed by atoms with Crippen LogP contribution in [0.25, 0.3) is 0 Å². The third-order valence-corrected chi connectivity index (χ3v) is 4.08. The summed E-state index contributed by atoms with van der Waals surface area (Å²) in [6.07, 6.45) is 0. The molecule has 2 rings (SSSR count). The maximum absolute atomic E-state index is 9.32. The van der Waals surface area contributed by atoms with Gasteiger partial charge in [-0.15, -0.1) is 0 Å². The largest absolute Gasteiger partial charge is 0.497 e. The van der Waals surface area contributed by atoms with E-state index in [1.165, 1.54) is 11.8 Å². The summed E-state index contributed by atoms with van der Waals surface area (Å²) in [5, 5.41) is 9.97. The third kappa shape index (κ3) is 2.99. The Labute approximate surface area is 116 Å². The molecule has 1 N–H and O–H groups in total. The van der Waals surface area contributed by atoms with Gasteiger partial charge in [0.05, 0.1) is 18.7 Å². The molecule has 0 saturated heterocycles. The Balaban J connectivity index is 2.33. The van der Waals surface area contributed by atoms with E-state index < -0.39 is 0 Å². The van der Waals surface area contributed by atoms with Gasteiger partial charge in [-0.05, 0) is 29.8 Å². The molecule has 0 fully saturated rings. The van der Waals surface area contributed by atoms with E-state index in [2.05, 4.69) is 0 Å². The van der Waals surface area contributed by atoms with Crippen LogP contribution in [0, 0.1) is 0 Å². The van der Waals surface area contributed by atoms with Crippen LogP contribution >= 0.6 is 23.4 Å². The van der Waals surface area contributed by atoms with Crippen LogP contribution < -0.4 is 4.74 Å². The molecular formula is C14H13ClO2S. The van der Waals surface area contributed by atoms with Crippen molar-refractivity contribution in [2.75, 3.05) is 7.11 Å². The average Bonchev–Trinajstić information content (AvgIpc) is 2.41. The lowest BCUT2D eigenvalue weighted by atomic mass is 10.2. The highest BCUT2D eigenvalue weighted by molar-refractivity contribution is 7.99. The highest BCUT2D eigenvalue weighted by Crippen LogP contribution is 2.37. The Bertz CT molecular complexity index is 543. The van der Waals surface area contributed by atoms with Gasteiger partial charge in [0.15, 0.2) is 0 Å². The smallest absolute Gasteiger partial charge is 0.119 e. The molecule has 0 atom stereocenters. The first kappa shape index (κ1) is 13.3. The molecule has 18 heavy (non-hydrogen) atoms. The van der Waals surface area contributed by atoms with Crippen LogP contribution in [0.4, 0.5) is 0 Å². The third-order valence-electron chi connectivity index (χ3n) is 2.48. The molecule has 0 aliphatic rings. The Morgan fingerprint density at radius 2 is 2.00 bits per heavy atom. The first-order chi connectivity index (χ1) is 8.74. The van der Waals surface area contributed by atoms with Crippen LogP contribution in [0.5, 0.6) is 5.75 Å². The Morgan fingerprint density at radius 3 is 2.72 bits per heavy atom. The fourth-order valence-electron chi connectivity index (χ4n) is 1.57. The summed E-state index contributed by atoms with van der Waals surface area (Å²) >= 11 is 7.69. The van der Waals surface area contributed by atoms with Crippen LogP contribution in [0.15, 0.2) is 52.3 Å². The standard InChI is InChI=1S/C14H13ClO2S/c1-17-11-5-3-6-12(8-11)18-14-10(9-16)4-2-7-13(14)15/h2-8,16H,9H2,1H3. The molecule has 2 aromatic rings. The van der Waals surface area contributed by atoms with E-state index >= 15 is 0 Å². The normalized spacial score (nSPS) is 10.4. The van der Waals surface area contributed by atoms with Crippen molar-refractivity contribution in [3.63, 3.8) is 0 Å². The van der Waals surface area contributed by atoms with Gasteiger partial charge >= 0.3 is 0 Å². The average molecular weight is 281 g/mol. The monoisotopic (exact) mass is 280 g/mol. The molecule has 0 heterocycles. The summed E-state index contributed by atoms with van der Waals surface area (Å²) in [6.45, 7) is -0.0210. The molecule has 0 radical (unpaired) electrons. The summed E-state index contributed by atoms with van der Waals surface area (Å²) in [5.74, 6) is 0.803. The molecule has 0 aliphatic heterocycles. The number of halogens is 1. The highest BCUT2D eigenvalue weighted by atomic mass is 35.5. The molecule has 0 spiro atoms. The molecule has 0 saturated carbocycles. The lowest BCUT2D eigenvalue weighted by Gasteiger charge is -2.09. The van der Waals surface area contributed by atoms with Crippen LogP contribution in [-0.4, -0.2) is 12.2 Å². The summed E-state index contributed by atoms with van der Waals surface area (Å²) < 4.78 is 5.18. The maximum Gasteiger partial charge on any atom is 0.119 e. The van der Waals surface area contributed by atoms with E-state index in [9.17, 15) is 5.11 Å². The lowest BCUT2D eigenvalue weighted by molar-refractivity contribution is 0.279. The van der Waals surface area contributed by atoms with E-state index in [-0.39, 0.29) is 6.61 Å². The minimum absolute atomic E-state index is 0.0210. The second-order valence-corrected chi connectivity index (χ2v) is 5.16. The Hall–Kier alpha value is -1.16. The molecule has 4 heteroatoms. The zero-order chi connectivity index (χ0) is 13.0. The van der Waals surface area contributed by atoms with E-state index in [4.69, 9.17) is 16.3 Å². The van der Waals surface area contributed by atoms with Crippen molar-refractivity contribution in [1.82, 2.24) is 0 Å². The second kappa shape index (κ2) is 6.14. The quantitative estimate of drug-likeness (QED) is 0.918. The van der Waals surface area contributed by atoms with Crippen LogP contribution in [0.3, 0.4) is 0 Å². The number of ether oxygens (including phenoxy) is 1. The van der Waals surface area contributed by atoms with Gasteiger partial charge in [-0.25, -0.2) is 0 Å². The highest BCUT2D eigenvalue weighted by Gasteiger charge is 2.08. The number of benzene rings is 2. The first-order valence-corrected chi connectivity index (χ1v) is 6.64. The van der Waals surface area contributed by atoms with Gasteiger partial charge in [0.2, 0.25) is 0 Å². The zero-order valence-corrected chi connectivity index (χ0v) is 11.5. The molecule has 0 aromatic heterocycles. The van der Waals surface area contributed by atoms with Crippen LogP contribution in [-0.2, 0) is 6.61 Å². The van der Waals surface area contributed by atoms with Crippen molar-refractivity contribution in [3.05, 3.63) is 53.1 Å². The molecule has 2 aromatic carbocycles. The minimum Gasteiger partial charge on any atom is -0.497 e. The van der Waals surface area contributed by atoms with Crippen molar-refractivity contribution < 1.29 is 9.84 Å². The Kier molecular flexibility index (Phi) is 4.53. The SMILES string of the molecule is COc1cccc(Sc2c(Cl)cccc2CO)c1. The van der Waals surface area contributed by atoms with Gasteiger partial charge in [-0.3, -0.25) is 0 Å². The predicted molar refractivity (Wildman–Crippen MR) is 74.5 cm³/mol. The minimum atomic E-state index is -0.0210. The number of hydrogen-bond acceptors (Lipinski definition) is 3. The van der Waals surface area contributed by atoms with Gasteiger partial charge in [-0.2, -0.15) is 0 Å². The van der Waals surface area contributed by atoms with Crippen molar-refractivity contribution in [3.8, 4) is 5.75 Å². The number of aliphatic hydroxyl groups is 1. The summed E-state index contributed by atoms with van der Waals surface area (Å²) in [5.41, 5.74) is 0.829. The summed E-state index contributed by atoms with van der Waals surface area (Å²) in [7, 11) is 1.64. The van der Waals surface area contributed by atoms with Crippen molar-refractivity contribution in [1.29, 1.82) is 0 Å². The molecule has 0 aliphatic carbocycles. The molecule has 2 nitrogen and oxygen atoms in total. The Morgan fingerprint density at radius 1 is 1.22 bits per heavy atom. The van der Waals surface area contributed by atoms with E-state index in [1.54, 1.807) is 7.11 Å². The number of hydrogen-bond donors (Lipinski definition) is 1. The van der Waals surface area contributed by atoms with E-state index in [0.29, 0.717) is 5.02 Å². The predicted octanol–water partition coefficient (Wildman–Crippen LogP) is 3.99. The van der Waals surface area contributed by atoms with Crippen LogP contribution in [0.1, 0.15) is 5.56 Å².